The van der Waals surface area contributed by atoms with Crippen LogP contribution in [0.15, 0.2) is 11.1 Å². The van der Waals surface area contributed by atoms with Gasteiger partial charge in [-0.2, -0.15) is 5.10 Å². The van der Waals surface area contributed by atoms with Gasteiger partial charge in [0, 0.05) is 19.5 Å². The zero-order valence-electron chi connectivity index (χ0n) is 6.27. The monoisotopic (exact) mass is 175 g/mol. The lowest BCUT2D eigenvalue weighted by molar-refractivity contribution is 0.602. The Morgan fingerprint density at radius 1 is 1.64 bits per heavy atom. The number of nitrogens with two attached hydrogens (primary N) is 1. The summed E-state index contributed by atoms with van der Waals surface area (Å²) in [5.41, 5.74) is 5.32. The van der Waals surface area contributed by atoms with Crippen molar-refractivity contribution in [2.75, 3.05) is 12.0 Å². The van der Waals surface area contributed by atoms with E-state index < -0.39 is 9.84 Å². The second kappa shape index (κ2) is 2.23. The van der Waals surface area contributed by atoms with Crippen LogP contribution in [0.1, 0.15) is 0 Å². The fourth-order valence-electron chi connectivity index (χ4n) is 0.770. The summed E-state index contributed by atoms with van der Waals surface area (Å²) in [7, 11) is -1.60. The first kappa shape index (κ1) is 8.06. The molecule has 0 bridgehead atoms. The lowest BCUT2D eigenvalue weighted by Gasteiger charge is -1.90. The molecule has 11 heavy (non-hydrogen) atoms. The van der Waals surface area contributed by atoms with Gasteiger partial charge in [0.25, 0.3) is 0 Å². The molecule has 0 aliphatic heterocycles. The lowest BCUT2D eigenvalue weighted by Crippen LogP contribution is -1.99. The van der Waals surface area contributed by atoms with Gasteiger partial charge >= 0.3 is 0 Å². The van der Waals surface area contributed by atoms with Crippen LogP contribution in [0.3, 0.4) is 0 Å². The fraction of sp³-hybridized carbons (Fsp3) is 0.400. The molecule has 5 nitrogen and oxygen atoms in total. The highest BCUT2D eigenvalue weighted by Crippen LogP contribution is 2.14. The third-order valence-corrected chi connectivity index (χ3v) is 2.33. The minimum atomic E-state index is -3.22. The average molecular weight is 175 g/mol. The van der Waals surface area contributed by atoms with Crippen molar-refractivity contribution in [2.24, 2.45) is 7.05 Å². The second-order valence-corrected chi connectivity index (χ2v) is 4.31. The number of hydrogen-bond acceptors (Lipinski definition) is 4. The third-order valence-electron chi connectivity index (χ3n) is 1.22. The molecule has 0 saturated carbocycles. The van der Waals surface area contributed by atoms with Crippen LogP contribution < -0.4 is 5.73 Å². The zero-order valence-corrected chi connectivity index (χ0v) is 7.09. The molecule has 62 valence electrons. The molecular weight excluding hydrogens is 166 g/mol. The van der Waals surface area contributed by atoms with E-state index in [1.807, 2.05) is 0 Å². The van der Waals surface area contributed by atoms with Gasteiger partial charge in [-0.05, 0) is 0 Å². The largest absolute Gasteiger partial charge is 0.381 e. The molecule has 1 heterocycles. The lowest BCUT2D eigenvalue weighted by atomic mass is 10.7. The van der Waals surface area contributed by atoms with E-state index in [9.17, 15) is 8.42 Å². The maximum atomic E-state index is 10.9. The predicted octanol–water partition coefficient (Wildman–Crippen LogP) is -0.594. The number of nitrogen functional groups attached to an aromatic ring is 1. The Labute approximate surface area is 64.7 Å². The Kier molecular flexibility index (Phi) is 1.63. The molecule has 0 aliphatic rings. The summed E-state index contributed by atoms with van der Waals surface area (Å²) < 4.78 is 23.2. The van der Waals surface area contributed by atoms with Crippen molar-refractivity contribution in [1.82, 2.24) is 9.78 Å². The Balaban J connectivity index is 3.36. The van der Waals surface area contributed by atoms with Crippen molar-refractivity contribution in [3.8, 4) is 0 Å². The Morgan fingerprint density at radius 3 is 2.36 bits per heavy atom. The topological polar surface area (TPSA) is 78.0 Å². The summed E-state index contributed by atoms with van der Waals surface area (Å²) >= 11 is 0. The van der Waals surface area contributed by atoms with Gasteiger partial charge in [-0.15, -0.1) is 0 Å². The van der Waals surface area contributed by atoms with Crippen LogP contribution in [0, 0.1) is 0 Å². The molecule has 1 aromatic heterocycles. The van der Waals surface area contributed by atoms with Crippen LogP contribution in [0.25, 0.3) is 0 Å². The minimum Gasteiger partial charge on any atom is -0.381 e. The summed E-state index contributed by atoms with van der Waals surface area (Å²) in [5, 5.41) is 3.69. The minimum absolute atomic E-state index is 0.0509. The van der Waals surface area contributed by atoms with E-state index in [1.165, 1.54) is 10.9 Å². The van der Waals surface area contributed by atoms with Gasteiger partial charge in [-0.1, -0.05) is 0 Å². The summed E-state index contributed by atoms with van der Waals surface area (Å²) in [5.74, 6) is 0.0509. The number of rotatable bonds is 1. The van der Waals surface area contributed by atoms with Gasteiger partial charge in [-0.3, -0.25) is 4.68 Å². The van der Waals surface area contributed by atoms with E-state index in [0.717, 1.165) is 6.26 Å². The molecule has 0 amide bonds. The van der Waals surface area contributed by atoms with E-state index in [1.54, 1.807) is 7.05 Å². The molecule has 2 N–H and O–H groups in total. The molecule has 6 heteroatoms. The molecule has 0 radical (unpaired) electrons. The summed E-state index contributed by atoms with van der Waals surface area (Å²) in [4.78, 5) is 0.0833. The summed E-state index contributed by atoms with van der Waals surface area (Å²) in [6, 6.07) is 0. The molecule has 0 fully saturated rings. The zero-order chi connectivity index (χ0) is 8.65. The molecule has 0 spiro atoms. The summed E-state index contributed by atoms with van der Waals surface area (Å²) in [6.07, 6.45) is 2.48. The first-order valence-electron chi connectivity index (χ1n) is 2.90. The second-order valence-electron chi connectivity index (χ2n) is 2.32. The van der Waals surface area contributed by atoms with E-state index in [4.69, 9.17) is 5.73 Å². The van der Waals surface area contributed by atoms with Gasteiger partial charge in [-0.25, -0.2) is 8.42 Å². The SMILES string of the molecule is Cn1cc(S(C)(=O)=O)c(N)n1. The number of hydrogen-bond donors (Lipinski definition) is 1. The molecule has 0 unspecified atom stereocenters. The quantitative estimate of drug-likeness (QED) is 0.618. The molecule has 0 aromatic carbocycles. The Bertz CT molecular complexity index is 365. The highest BCUT2D eigenvalue weighted by atomic mass is 32.2. The van der Waals surface area contributed by atoms with Crippen molar-refractivity contribution in [2.45, 2.75) is 4.90 Å². The van der Waals surface area contributed by atoms with Crippen LogP contribution in [-0.2, 0) is 16.9 Å². The molecule has 1 rings (SSSR count). The van der Waals surface area contributed by atoms with Gasteiger partial charge in [0.1, 0.15) is 4.90 Å². The van der Waals surface area contributed by atoms with Crippen LogP contribution in [-0.4, -0.2) is 24.5 Å². The number of anilines is 1. The fourth-order valence-corrected chi connectivity index (χ4v) is 1.53. The van der Waals surface area contributed by atoms with Crippen molar-refractivity contribution < 1.29 is 8.42 Å². The van der Waals surface area contributed by atoms with Gasteiger partial charge in [0.05, 0.1) is 0 Å². The van der Waals surface area contributed by atoms with E-state index in [0.29, 0.717) is 0 Å². The molecule has 0 saturated heterocycles. The Hall–Kier alpha value is -1.04. The number of sulfone groups is 1. The van der Waals surface area contributed by atoms with Crippen LogP contribution in [0.4, 0.5) is 5.82 Å². The third kappa shape index (κ3) is 1.51. The smallest absolute Gasteiger partial charge is 0.180 e. The van der Waals surface area contributed by atoms with Crippen molar-refractivity contribution in [1.29, 1.82) is 0 Å². The molecule has 1 aromatic rings. The number of aryl methyl sites for hydroxylation is 1. The molecule has 0 atom stereocenters. The van der Waals surface area contributed by atoms with Crippen molar-refractivity contribution >= 4 is 15.7 Å². The first-order chi connectivity index (χ1) is 4.91. The van der Waals surface area contributed by atoms with E-state index >= 15 is 0 Å². The maximum absolute atomic E-state index is 10.9. The van der Waals surface area contributed by atoms with Gasteiger partial charge < -0.3 is 5.73 Å². The van der Waals surface area contributed by atoms with Crippen molar-refractivity contribution in [3.05, 3.63) is 6.20 Å². The normalized spacial score (nSPS) is 11.8. The first-order valence-corrected chi connectivity index (χ1v) is 4.79. The standard InChI is InChI=1S/C5H9N3O2S/c1-8-3-4(5(6)7-8)11(2,9)10/h3H,1-2H3,(H2,6,7). The number of nitrogens with zero attached hydrogens (tertiary/aromatic N) is 2. The van der Waals surface area contributed by atoms with Gasteiger partial charge in [0.15, 0.2) is 15.7 Å². The average Bonchev–Trinajstić information content (AvgIpc) is 2.08. The highest BCUT2D eigenvalue weighted by molar-refractivity contribution is 7.90. The Morgan fingerprint density at radius 2 is 2.18 bits per heavy atom. The van der Waals surface area contributed by atoms with E-state index in [-0.39, 0.29) is 10.7 Å². The van der Waals surface area contributed by atoms with Crippen LogP contribution in [0.2, 0.25) is 0 Å². The van der Waals surface area contributed by atoms with Crippen molar-refractivity contribution in [3.63, 3.8) is 0 Å². The number of aromatic nitrogens is 2. The summed E-state index contributed by atoms with van der Waals surface area (Å²) in [6.45, 7) is 0. The maximum Gasteiger partial charge on any atom is 0.180 e. The predicted molar refractivity (Wildman–Crippen MR) is 40.7 cm³/mol. The molecule has 0 aliphatic carbocycles. The van der Waals surface area contributed by atoms with Crippen LogP contribution in [0.5, 0.6) is 0 Å². The van der Waals surface area contributed by atoms with Gasteiger partial charge in [0.2, 0.25) is 0 Å². The highest BCUT2D eigenvalue weighted by Gasteiger charge is 2.14. The molecular formula is C5H9N3O2S. The van der Waals surface area contributed by atoms with E-state index in [2.05, 4.69) is 5.10 Å². The van der Waals surface area contributed by atoms with Crippen LogP contribution >= 0.6 is 0 Å².